The highest BCUT2D eigenvalue weighted by Crippen LogP contribution is 2.42. The van der Waals surface area contributed by atoms with E-state index in [1.807, 2.05) is 109 Å². The van der Waals surface area contributed by atoms with Gasteiger partial charge in [0.15, 0.2) is 7.14 Å². The standard InChI is InChI=1S/C43H29N2OP/c44-30-31-16-26-42-40(28-31)41-29-35(23-27-43(41)45(42)36-10-4-1-5-11-36)34-19-17-32(18-20-34)33-21-24-39(25-22-33)47(46,37-12-6-2-7-13-37)38-14-8-3-9-15-38/h1-29H. The second kappa shape index (κ2) is 11.8. The summed E-state index contributed by atoms with van der Waals surface area (Å²) in [4.78, 5) is 0. The lowest BCUT2D eigenvalue weighted by Crippen LogP contribution is -2.24. The minimum Gasteiger partial charge on any atom is -0.309 e. The molecule has 8 rings (SSSR count). The fraction of sp³-hybridized carbons (Fsp3) is 0. The molecule has 4 heteroatoms. The number of aromatic nitrogens is 1. The average molecular weight is 621 g/mol. The van der Waals surface area contributed by atoms with Gasteiger partial charge in [0.1, 0.15) is 0 Å². The SMILES string of the molecule is N#Cc1ccc2c(c1)c1cc(-c3ccc(-c4ccc(P(=O)(c5ccccc5)c5ccccc5)cc4)cc3)ccc1n2-c1ccccc1. The monoisotopic (exact) mass is 620 g/mol. The van der Waals surface area contributed by atoms with Crippen molar-refractivity contribution in [1.82, 2.24) is 4.57 Å². The first-order valence-corrected chi connectivity index (χ1v) is 17.3. The zero-order valence-electron chi connectivity index (χ0n) is 25.5. The number of nitrogens with zero attached hydrogens (tertiary/aromatic N) is 2. The summed E-state index contributed by atoms with van der Waals surface area (Å²) in [6, 6.07) is 61.4. The molecule has 0 N–H and O–H groups in total. The van der Waals surface area contributed by atoms with Crippen LogP contribution in [-0.4, -0.2) is 4.57 Å². The summed E-state index contributed by atoms with van der Waals surface area (Å²) in [5, 5.41) is 14.3. The van der Waals surface area contributed by atoms with E-state index in [4.69, 9.17) is 0 Å². The van der Waals surface area contributed by atoms with Crippen molar-refractivity contribution >= 4 is 44.9 Å². The van der Waals surface area contributed by atoms with Crippen LogP contribution < -0.4 is 15.9 Å². The van der Waals surface area contributed by atoms with Gasteiger partial charge in [0.25, 0.3) is 0 Å². The molecule has 0 radical (unpaired) electrons. The highest BCUT2D eigenvalue weighted by atomic mass is 31.2. The van der Waals surface area contributed by atoms with Crippen molar-refractivity contribution in [1.29, 1.82) is 5.26 Å². The fourth-order valence-corrected chi connectivity index (χ4v) is 9.22. The number of rotatable bonds is 6. The molecule has 0 atom stereocenters. The molecule has 0 aliphatic carbocycles. The Kier molecular flexibility index (Phi) is 7.14. The van der Waals surface area contributed by atoms with Gasteiger partial charge >= 0.3 is 0 Å². The predicted octanol–water partition coefficient (Wildman–Crippen LogP) is 9.63. The van der Waals surface area contributed by atoms with E-state index in [-0.39, 0.29) is 0 Å². The molecular weight excluding hydrogens is 591 g/mol. The van der Waals surface area contributed by atoms with E-state index in [1.54, 1.807) is 0 Å². The predicted molar refractivity (Wildman–Crippen MR) is 196 cm³/mol. The minimum atomic E-state index is -3.02. The van der Waals surface area contributed by atoms with E-state index in [2.05, 4.69) is 77.4 Å². The van der Waals surface area contributed by atoms with E-state index < -0.39 is 7.14 Å². The Morgan fingerprint density at radius 1 is 0.447 bits per heavy atom. The van der Waals surface area contributed by atoms with Crippen molar-refractivity contribution in [2.45, 2.75) is 0 Å². The average Bonchev–Trinajstić information content (AvgIpc) is 3.48. The van der Waals surface area contributed by atoms with E-state index in [1.165, 1.54) is 0 Å². The zero-order chi connectivity index (χ0) is 31.8. The number of nitriles is 1. The summed E-state index contributed by atoms with van der Waals surface area (Å²) >= 11 is 0. The third kappa shape index (κ3) is 4.97. The molecule has 7 aromatic carbocycles. The van der Waals surface area contributed by atoms with E-state index >= 15 is 0 Å². The zero-order valence-corrected chi connectivity index (χ0v) is 26.4. The van der Waals surface area contributed by atoms with Crippen LogP contribution in [0.1, 0.15) is 5.56 Å². The molecule has 0 bridgehead atoms. The summed E-state index contributed by atoms with van der Waals surface area (Å²) < 4.78 is 17.0. The minimum absolute atomic E-state index is 0.647. The van der Waals surface area contributed by atoms with Gasteiger partial charge in [0, 0.05) is 32.4 Å². The Hall–Kier alpha value is -5.94. The Bertz CT molecular complexity index is 2420. The van der Waals surface area contributed by atoms with E-state index in [9.17, 15) is 9.83 Å². The lowest BCUT2D eigenvalue weighted by atomic mass is 9.99. The van der Waals surface area contributed by atoms with Gasteiger partial charge in [-0.3, -0.25) is 0 Å². The molecule has 0 aliphatic heterocycles. The number of fused-ring (bicyclic) bond motifs is 3. The van der Waals surface area contributed by atoms with E-state index in [0.29, 0.717) is 5.56 Å². The lowest BCUT2D eigenvalue weighted by Gasteiger charge is -2.20. The Balaban J connectivity index is 1.15. The second-order valence-electron chi connectivity index (χ2n) is 11.7. The van der Waals surface area contributed by atoms with Gasteiger partial charge in [0.2, 0.25) is 0 Å². The quantitative estimate of drug-likeness (QED) is 0.174. The van der Waals surface area contributed by atoms with Crippen molar-refractivity contribution < 1.29 is 4.57 Å². The molecule has 47 heavy (non-hydrogen) atoms. The van der Waals surface area contributed by atoms with Crippen molar-refractivity contribution in [2.24, 2.45) is 0 Å². The maximum atomic E-state index is 14.7. The molecule has 1 heterocycles. The van der Waals surface area contributed by atoms with Crippen LogP contribution in [-0.2, 0) is 4.57 Å². The molecule has 222 valence electrons. The first-order chi connectivity index (χ1) is 23.1. The van der Waals surface area contributed by atoms with Gasteiger partial charge in [0.05, 0.1) is 22.7 Å². The molecule has 0 fully saturated rings. The van der Waals surface area contributed by atoms with Crippen LogP contribution in [0.25, 0.3) is 49.7 Å². The largest absolute Gasteiger partial charge is 0.309 e. The van der Waals surface area contributed by atoms with E-state index in [0.717, 1.165) is 65.7 Å². The number of hydrogen-bond acceptors (Lipinski definition) is 2. The molecule has 0 saturated carbocycles. The van der Waals surface area contributed by atoms with Crippen LogP contribution in [0.4, 0.5) is 0 Å². The second-order valence-corrected chi connectivity index (χ2v) is 14.4. The third-order valence-corrected chi connectivity index (χ3v) is 12.0. The third-order valence-electron chi connectivity index (χ3n) is 8.93. The van der Waals surface area contributed by atoms with Crippen LogP contribution in [0.3, 0.4) is 0 Å². The molecule has 0 amide bonds. The maximum absolute atomic E-state index is 14.7. The highest BCUT2D eigenvalue weighted by molar-refractivity contribution is 7.85. The maximum Gasteiger partial charge on any atom is 0.171 e. The summed E-state index contributed by atoms with van der Waals surface area (Å²) in [5.74, 6) is 0. The highest BCUT2D eigenvalue weighted by Gasteiger charge is 2.29. The van der Waals surface area contributed by atoms with Gasteiger partial charge in [-0.2, -0.15) is 5.26 Å². The fourth-order valence-electron chi connectivity index (χ4n) is 6.57. The van der Waals surface area contributed by atoms with Crippen molar-refractivity contribution in [2.75, 3.05) is 0 Å². The molecule has 0 aliphatic rings. The first-order valence-electron chi connectivity index (χ1n) is 15.6. The van der Waals surface area contributed by atoms with Gasteiger partial charge < -0.3 is 9.13 Å². The van der Waals surface area contributed by atoms with Crippen LogP contribution >= 0.6 is 7.14 Å². The van der Waals surface area contributed by atoms with Gasteiger partial charge in [-0.1, -0.05) is 133 Å². The van der Waals surface area contributed by atoms with Crippen LogP contribution in [0, 0.1) is 11.3 Å². The van der Waals surface area contributed by atoms with Crippen molar-refractivity contribution in [3.8, 4) is 34.0 Å². The summed E-state index contributed by atoms with van der Waals surface area (Å²) in [7, 11) is -3.02. The Morgan fingerprint density at radius 3 is 1.43 bits per heavy atom. The van der Waals surface area contributed by atoms with Gasteiger partial charge in [-0.05, 0) is 64.7 Å². The Labute approximate surface area is 274 Å². The molecule has 0 spiro atoms. The lowest BCUT2D eigenvalue weighted by molar-refractivity contribution is 0.592. The summed E-state index contributed by atoms with van der Waals surface area (Å²) in [6.45, 7) is 0. The van der Waals surface area contributed by atoms with Crippen LogP contribution in [0.15, 0.2) is 176 Å². The number of hydrogen-bond donors (Lipinski definition) is 0. The first kappa shape index (κ1) is 28.5. The molecular formula is C43H29N2OP. The molecule has 8 aromatic rings. The summed E-state index contributed by atoms with van der Waals surface area (Å²) in [5.41, 5.74) is 8.30. The number of benzene rings is 7. The number of para-hydroxylation sites is 1. The van der Waals surface area contributed by atoms with Crippen molar-refractivity contribution in [3.63, 3.8) is 0 Å². The molecule has 0 saturated heterocycles. The van der Waals surface area contributed by atoms with Crippen molar-refractivity contribution in [3.05, 3.63) is 181 Å². The Morgan fingerprint density at radius 2 is 0.872 bits per heavy atom. The topological polar surface area (TPSA) is 45.8 Å². The molecule has 1 aromatic heterocycles. The van der Waals surface area contributed by atoms with Crippen LogP contribution in [0.2, 0.25) is 0 Å². The smallest absolute Gasteiger partial charge is 0.171 e. The summed E-state index contributed by atoms with van der Waals surface area (Å²) in [6.07, 6.45) is 0. The van der Waals surface area contributed by atoms with Gasteiger partial charge in [-0.25, -0.2) is 0 Å². The molecule has 0 unspecified atom stereocenters. The molecule has 3 nitrogen and oxygen atoms in total. The normalized spacial score (nSPS) is 11.5. The van der Waals surface area contributed by atoms with Gasteiger partial charge in [-0.15, -0.1) is 0 Å². The van der Waals surface area contributed by atoms with Crippen LogP contribution in [0.5, 0.6) is 0 Å².